The third-order valence-corrected chi connectivity index (χ3v) is 3.26. The summed E-state index contributed by atoms with van der Waals surface area (Å²) in [5.41, 5.74) is 5.49. The summed E-state index contributed by atoms with van der Waals surface area (Å²) < 4.78 is 5.58. The number of rotatable bonds is 9. The summed E-state index contributed by atoms with van der Waals surface area (Å²) in [6.07, 6.45) is 2.86. The van der Waals surface area contributed by atoms with Crippen molar-refractivity contribution in [3.63, 3.8) is 0 Å². The molecule has 1 unspecified atom stereocenters. The first-order valence-corrected chi connectivity index (χ1v) is 6.76. The van der Waals surface area contributed by atoms with Crippen LogP contribution in [-0.4, -0.2) is 29.8 Å². The van der Waals surface area contributed by atoms with E-state index in [2.05, 4.69) is 0 Å². The molecular weight excluding hydrogens is 242 g/mol. The first-order chi connectivity index (χ1) is 9.14. The molecule has 0 aliphatic rings. The van der Waals surface area contributed by atoms with Crippen LogP contribution in [0.4, 0.5) is 0 Å². The molecule has 0 aliphatic carbocycles. The highest BCUT2D eigenvalue weighted by Gasteiger charge is 2.37. The smallest absolute Gasteiger partial charge is 0.337 e. The van der Waals surface area contributed by atoms with E-state index in [0.29, 0.717) is 19.4 Å². The van der Waals surface area contributed by atoms with Crippen molar-refractivity contribution >= 4 is 5.97 Å². The van der Waals surface area contributed by atoms with Gasteiger partial charge in [0.2, 0.25) is 0 Å². The number of aryl methyl sites for hydroxylation is 1. The number of hydrogen-bond acceptors (Lipinski definition) is 3. The summed E-state index contributed by atoms with van der Waals surface area (Å²) in [4.78, 5) is 11.5. The Labute approximate surface area is 114 Å². The van der Waals surface area contributed by atoms with Gasteiger partial charge in [0.25, 0.3) is 0 Å². The largest absolute Gasteiger partial charge is 0.479 e. The monoisotopic (exact) mass is 265 g/mol. The van der Waals surface area contributed by atoms with E-state index in [4.69, 9.17) is 10.5 Å². The third-order valence-electron chi connectivity index (χ3n) is 3.26. The second kappa shape index (κ2) is 7.92. The lowest BCUT2D eigenvalue weighted by Gasteiger charge is -2.28. The number of carbonyl (C=O) groups is 1. The van der Waals surface area contributed by atoms with Gasteiger partial charge in [0.05, 0.1) is 0 Å². The fourth-order valence-corrected chi connectivity index (χ4v) is 1.89. The van der Waals surface area contributed by atoms with Crippen LogP contribution in [-0.2, 0) is 16.0 Å². The molecule has 106 valence electrons. The van der Waals surface area contributed by atoms with Crippen molar-refractivity contribution in [2.45, 2.75) is 38.2 Å². The molecule has 0 bridgehead atoms. The number of benzene rings is 1. The molecule has 0 aliphatic heterocycles. The van der Waals surface area contributed by atoms with Crippen LogP contribution < -0.4 is 5.73 Å². The molecule has 0 heterocycles. The Morgan fingerprint density at radius 2 is 2.05 bits per heavy atom. The van der Waals surface area contributed by atoms with Crippen molar-refractivity contribution in [3.8, 4) is 0 Å². The minimum Gasteiger partial charge on any atom is -0.479 e. The van der Waals surface area contributed by atoms with Gasteiger partial charge in [-0.25, -0.2) is 4.79 Å². The highest BCUT2D eigenvalue weighted by molar-refractivity contribution is 5.77. The second-order valence-corrected chi connectivity index (χ2v) is 4.69. The molecular formula is C15H23NO3. The van der Waals surface area contributed by atoms with Crippen molar-refractivity contribution in [1.29, 1.82) is 0 Å². The van der Waals surface area contributed by atoms with Gasteiger partial charge in [0, 0.05) is 13.2 Å². The molecule has 0 aromatic heterocycles. The third kappa shape index (κ3) is 4.65. The van der Waals surface area contributed by atoms with Gasteiger partial charge in [0.1, 0.15) is 0 Å². The maximum Gasteiger partial charge on any atom is 0.337 e. The molecule has 3 N–H and O–H groups in total. The van der Waals surface area contributed by atoms with Crippen molar-refractivity contribution in [2.75, 3.05) is 13.2 Å². The summed E-state index contributed by atoms with van der Waals surface area (Å²) in [6.45, 7) is 2.48. The van der Waals surface area contributed by atoms with E-state index in [9.17, 15) is 9.90 Å². The van der Waals surface area contributed by atoms with Gasteiger partial charge in [-0.05, 0) is 24.8 Å². The zero-order chi connectivity index (χ0) is 14.1. The Morgan fingerprint density at radius 3 is 2.58 bits per heavy atom. The van der Waals surface area contributed by atoms with Gasteiger partial charge < -0.3 is 15.6 Å². The van der Waals surface area contributed by atoms with Crippen LogP contribution in [0.3, 0.4) is 0 Å². The number of carboxylic acid groups (broad SMARTS) is 1. The number of aliphatic carboxylic acids is 1. The van der Waals surface area contributed by atoms with Crippen molar-refractivity contribution in [1.82, 2.24) is 0 Å². The van der Waals surface area contributed by atoms with Crippen LogP contribution >= 0.6 is 0 Å². The molecule has 1 aromatic rings. The Kier molecular flexibility index (Phi) is 6.53. The SMILES string of the molecule is CCCCOC(CN)(CCc1ccccc1)C(=O)O. The first kappa shape index (κ1) is 15.7. The Hall–Kier alpha value is -1.39. The first-order valence-electron chi connectivity index (χ1n) is 6.76. The topological polar surface area (TPSA) is 72.5 Å². The molecule has 0 radical (unpaired) electrons. The highest BCUT2D eigenvalue weighted by Crippen LogP contribution is 2.19. The minimum absolute atomic E-state index is 0.00111. The number of unbranched alkanes of at least 4 members (excludes halogenated alkanes) is 1. The average molecular weight is 265 g/mol. The molecule has 0 fully saturated rings. The Balaban J connectivity index is 2.65. The van der Waals surface area contributed by atoms with Gasteiger partial charge in [-0.1, -0.05) is 43.7 Å². The number of hydrogen-bond donors (Lipinski definition) is 2. The van der Waals surface area contributed by atoms with E-state index in [1.54, 1.807) is 0 Å². The van der Waals surface area contributed by atoms with Crippen molar-refractivity contribution in [3.05, 3.63) is 35.9 Å². The molecule has 4 nitrogen and oxygen atoms in total. The van der Waals surface area contributed by atoms with Crippen LogP contribution in [0.1, 0.15) is 31.7 Å². The van der Waals surface area contributed by atoms with Crippen LogP contribution in [0.2, 0.25) is 0 Å². The number of nitrogens with two attached hydrogens (primary N) is 1. The zero-order valence-corrected chi connectivity index (χ0v) is 11.5. The average Bonchev–Trinajstić information content (AvgIpc) is 2.44. The van der Waals surface area contributed by atoms with Gasteiger partial charge >= 0.3 is 5.97 Å². The molecule has 0 amide bonds. The lowest BCUT2D eigenvalue weighted by molar-refractivity contribution is -0.165. The van der Waals surface area contributed by atoms with E-state index < -0.39 is 11.6 Å². The van der Waals surface area contributed by atoms with Crippen LogP contribution in [0.15, 0.2) is 30.3 Å². The van der Waals surface area contributed by atoms with E-state index in [-0.39, 0.29) is 6.54 Å². The molecule has 19 heavy (non-hydrogen) atoms. The molecule has 1 rings (SSSR count). The van der Waals surface area contributed by atoms with Crippen molar-refractivity contribution in [2.24, 2.45) is 5.73 Å². The maximum absolute atomic E-state index is 11.5. The normalized spacial score (nSPS) is 14.0. The summed E-state index contributed by atoms with van der Waals surface area (Å²) in [7, 11) is 0. The van der Waals surface area contributed by atoms with Crippen LogP contribution in [0, 0.1) is 0 Å². The summed E-state index contributed by atoms with van der Waals surface area (Å²) >= 11 is 0. The molecule has 4 heteroatoms. The van der Waals surface area contributed by atoms with Crippen molar-refractivity contribution < 1.29 is 14.6 Å². The molecule has 0 spiro atoms. The van der Waals surface area contributed by atoms with Gasteiger partial charge in [0.15, 0.2) is 5.60 Å². The predicted molar refractivity (Wildman–Crippen MR) is 75.0 cm³/mol. The van der Waals surface area contributed by atoms with E-state index in [0.717, 1.165) is 18.4 Å². The van der Waals surface area contributed by atoms with E-state index >= 15 is 0 Å². The quantitative estimate of drug-likeness (QED) is 0.671. The Morgan fingerprint density at radius 1 is 1.37 bits per heavy atom. The van der Waals surface area contributed by atoms with Gasteiger partial charge in [-0.2, -0.15) is 0 Å². The second-order valence-electron chi connectivity index (χ2n) is 4.69. The fraction of sp³-hybridized carbons (Fsp3) is 0.533. The van der Waals surface area contributed by atoms with E-state index in [1.807, 2.05) is 37.3 Å². The molecule has 0 saturated carbocycles. The molecule has 1 atom stereocenters. The fourth-order valence-electron chi connectivity index (χ4n) is 1.89. The lowest BCUT2D eigenvalue weighted by atomic mass is 9.94. The highest BCUT2D eigenvalue weighted by atomic mass is 16.5. The minimum atomic E-state index is -1.26. The summed E-state index contributed by atoms with van der Waals surface area (Å²) in [6, 6.07) is 9.79. The standard InChI is InChI=1S/C15H23NO3/c1-2-3-11-19-15(12-16,14(17)18)10-9-13-7-5-4-6-8-13/h4-8H,2-3,9-12,16H2,1H3,(H,17,18). The summed E-state index contributed by atoms with van der Waals surface area (Å²) in [5.74, 6) is -0.970. The van der Waals surface area contributed by atoms with E-state index in [1.165, 1.54) is 0 Å². The maximum atomic E-state index is 11.5. The van der Waals surface area contributed by atoms with Gasteiger partial charge in [-0.3, -0.25) is 0 Å². The predicted octanol–water partition coefficient (Wildman–Crippen LogP) is 2.22. The Bertz CT molecular complexity index is 380. The molecule has 0 saturated heterocycles. The molecule has 1 aromatic carbocycles. The lowest BCUT2D eigenvalue weighted by Crippen LogP contribution is -2.49. The van der Waals surface area contributed by atoms with Crippen LogP contribution in [0.5, 0.6) is 0 Å². The number of ether oxygens (including phenoxy) is 1. The van der Waals surface area contributed by atoms with Crippen LogP contribution in [0.25, 0.3) is 0 Å². The zero-order valence-electron chi connectivity index (χ0n) is 11.5. The van der Waals surface area contributed by atoms with Gasteiger partial charge in [-0.15, -0.1) is 0 Å². The summed E-state index contributed by atoms with van der Waals surface area (Å²) in [5, 5.41) is 9.40. The number of carboxylic acids is 1.